The summed E-state index contributed by atoms with van der Waals surface area (Å²) in [5.74, 6) is 0.863. The lowest BCUT2D eigenvalue weighted by Crippen LogP contribution is -2.26. The van der Waals surface area contributed by atoms with Crippen LogP contribution in [0.1, 0.15) is 11.4 Å². The molecule has 0 radical (unpaired) electrons. The van der Waals surface area contributed by atoms with E-state index in [9.17, 15) is 8.42 Å². The number of aryl methyl sites for hydroxylation is 1. The maximum atomic E-state index is 12.3. The molecule has 0 aliphatic heterocycles. The number of H-pyrrole nitrogens is 1. The first-order valence-corrected chi connectivity index (χ1v) is 7.70. The average molecular weight is 311 g/mol. The van der Waals surface area contributed by atoms with E-state index in [0.29, 0.717) is 17.9 Å². The fourth-order valence-electron chi connectivity index (χ4n) is 1.78. The van der Waals surface area contributed by atoms with E-state index >= 15 is 0 Å². The van der Waals surface area contributed by atoms with Gasteiger partial charge in [-0.15, -0.1) is 0 Å². The molecule has 0 amide bonds. The first kappa shape index (κ1) is 15.3. The van der Waals surface area contributed by atoms with Crippen molar-refractivity contribution in [2.45, 2.75) is 18.2 Å². The summed E-state index contributed by atoms with van der Waals surface area (Å²) in [5, 5.41) is 6.36. The number of hydrogen-bond donors (Lipinski definition) is 3. The molecule has 1 heterocycles. The third-order valence-corrected chi connectivity index (χ3v) is 4.44. The van der Waals surface area contributed by atoms with Gasteiger partial charge < -0.3 is 10.5 Å². The zero-order chi connectivity index (χ0) is 15.5. The predicted octanol–water partition coefficient (Wildman–Crippen LogP) is 0.225. The zero-order valence-corrected chi connectivity index (χ0v) is 12.6. The van der Waals surface area contributed by atoms with Crippen molar-refractivity contribution in [3.8, 4) is 5.75 Å². The SMILES string of the molecule is COc1cc(C)c(N)cc1S(=O)(=O)NCCc1ncn[nH]1. The maximum Gasteiger partial charge on any atom is 0.244 e. The summed E-state index contributed by atoms with van der Waals surface area (Å²) in [4.78, 5) is 3.94. The smallest absolute Gasteiger partial charge is 0.244 e. The van der Waals surface area contributed by atoms with Crippen LogP contribution in [0.15, 0.2) is 23.4 Å². The first-order valence-electron chi connectivity index (χ1n) is 6.22. The molecule has 0 fully saturated rings. The minimum atomic E-state index is -3.71. The van der Waals surface area contributed by atoms with Crippen LogP contribution in [0.2, 0.25) is 0 Å². The Morgan fingerprint density at radius 1 is 1.43 bits per heavy atom. The first-order chi connectivity index (χ1) is 9.94. The molecule has 0 unspecified atom stereocenters. The van der Waals surface area contributed by atoms with Gasteiger partial charge in [0.1, 0.15) is 22.8 Å². The molecule has 1 aromatic carbocycles. The number of hydrogen-bond acceptors (Lipinski definition) is 6. The van der Waals surface area contributed by atoms with Gasteiger partial charge in [0.05, 0.1) is 7.11 Å². The fourth-order valence-corrected chi connectivity index (χ4v) is 3.00. The van der Waals surface area contributed by atoms with Crippen LogP contribution in [-0.4, -0.2) is 37.3 Å². The molecule has 2 aromatic rings. The van der Waals surface area contributed by atoms with Crippen molar-refractivity contribution in [3.05, 3.63) is 29.8 Å². The zero-order valence-electron chi connectivity index (χ0n) is 11.8. The summed E-state index contributed by atoms with van der Waals surface area (Å²) in [6, 6.07) is 2.99. The van der Waals surface area contributed by atoms with Crippen molar-refractivity contribution in [3.63, 3.8) is 0 Å². The van der Waals surface area contributed by atoms with E-state index < -0.39 is 10.0 Å². The highest BCUT2D eigenvalue weighted by atomic mass is 32.2. The Morgan fingerprint density at radius 3 is 2.81 bits per heavy atom. The van der Waals surface area contributed by atoms with Gasteiger partial charge in [0.15, 0.2) is 0 Å². The lowest BCUT2D eigenvalue weighted by molar-refractivity contribution is 0.402. The van der Waals surface area contributed by atoms with E-state index in [1.165, 1.54) is 19.5 Å². The Kier molecular flexibility index (Phi) is 4.43. The molecule has 1 aromatic heterocycles. The summed E-state index contributed by atoms with van der Waals surface area (Å²) in [5.41, 5.74) is 6.93. The van der Waals surface area contributed by atoms with Gasteiger partial charge in [-0.1, -0.05) is 0 Å². The van der Waals surface area contributed by atoms with Crippen molar-refractivity contribution in [2.75, 3.05) is 19.4 Å². The highest BCUT2D eigenvalue weighted by molar-refractivity contribution is 7.89. The third-order valence-electron chi connectivity index (χ3n) is 2.96. The average Bonchev–Trinajstić information content (AvgIpc) is 2.94. The second-order valence-corrected chi connectivity index (χ2v) is 6.17. The van der Waals surface area contributed by atoms with Crippen LogP contribution < -0.4 is 15.2 Å². The van der Waals surface area contributed by atoms with Gasteiger partial charge >= 0.3 is 0 Å². The van der Waals surface area contributed by atoms with E-state index in [0.717, 1.165) is 5.56 Å². The quantitative estimate of drug-likeness (QED) is 0.656. The number of nitrogens with one attached hydrogen (secondary N) is 2. The van der Waals surface area contributed by atoms with E-state index in [1.807, 2.05) is 0 Å². The number of sulfonamides is 1. The van der Waals surface area contributed by atoms with Crippen LogP contribution in [0.25, 0.3) is 0 Å². The minimum Gasteiger partial charge on any atom is -0.495 e. The molecule has 2 rings (SSSR count). The summed E-state index contributed by atoms with van der Waals surface area (Å²) in [6.07, 6.45) is 1.77. The number of nitrogen functional groups attached to an aromatic ring is 1. The van der Waals surface area contributed by atoms with E-state index in [1.54, 1.807) is 13.0 Å². The summed E-state index contributed by atoms with van der Waals surface area (Å²) in [7, 11) is -2.30. The van der Waals surface area contributed by atoms with Gasteiger partial charge in [0, 0.05) is 18.7 Å². The normalized spacial score (nSPS) is 11.5. The van der Waals surface area contributed by atoms with Gasteiger partial charge in [0.2, 0.25) is 10.0 Å². The third kappa shape index (κ3) is 3.50. The Morgan fingerprint density at radius 2 is 2.19 bits per heavy atom. The number of benzene rings is 1. The standard InChI is InChI=1S/C12H17N5O3S/c1-8-5-10(20-2)11(6-9(8)13)21(18,19)16-4-3-12-14-7-15-17-12/h5-7,16H,3-4,13H2,1-2H3,(H,14,15,17). The molecular formula is C12H17N5O3S. The van der Waals surface area contributed by atoms with Crippen molar-refractivity contribution in [2.24, 2.45) is 0 Å². The summed E-state index contributed by atoms with van der Waals surface area (Å²) >= 11 is 0. The van der Waals surface area contributed by atoms with Gasteiger partial charge in [-0.2, -0.15) is 5.10 Å². The number of rotatable bonds is 6. The second-order valence-electron chi connectivity index (χ2n) is 4.44. The number of aromatic nitrogens is 3. The van der Waals surface area contributed by atoms with Crippen LogP contribution in [-0.2, 0) is 16.4 Å². The van der Waals surface area contributed by atoms with E-state index in [-0.39, 0.29) is 17.2 Å². The largest absolute Gasteiger partial charge is 0.495 e. The Labute approximate surface area is 122 Å². The summed E-state index contributed by atoms with van der Waals surface area (Å²) in [6.45, 7) is 1.97. The molecule has 114 valence electrons. The molecule has 8 nitrogen and oxygen atoms in total. The number of ether oxygens (including phenoxy) is 1. The molecule has 0 spiro atoms. The van der Waals surface area contributed by atoms with Crippen LogP contribution in [0, 0.1) is 6.92 Å². The highest BCUT2D eigenvalue weighted by Gasteiger charge is 2.20. The van der Waals surface area contributed by atoms with Crippen LogP contribution in [0.4, 0.5) is 5.69 Å². The molecule has 4 N–H and O–H groups in total. The molecule has 0 atom stereocenters. The number of methoxy groups -OCH3 is 1. The Balaban J connectivity index is 2.17. The lowest BCUT2D eigenvalue weighted by Gasteiger charge is -2.12. The van der Waals surface area contributed by atoms with Crippen molar-refractivity contribution in [1.82, 2.24) is 19.9 Å². The van der Waals surface area contributed by atoms with Crippen LogP contribution in [0.5, 0.6) is 5.75 Å². The number of anilines is 1. The minimum absolute atomic E-state index is 0.0191. The molecule has 9 heteroatoms. The van der Waals surface area contributed by atoms with E-state index in [2.05, 4.69) is 19.9 Å². The monoisotopic (exact) mass is 311 g/mol. The van der Waals surface area contributed by atoms with Crippen LogP contribution in [0.3, 0.4) is 0 Å². The van der Waals surface area contributed by atoms with Gasteiger partial charge in [-0.3, -0.25) is 5.10 Å². The highest BCUT2D eigenvalue weighted by Crippen LogP contribution is 2.28. The van der Waals surface area contributed by atoms with Gasteiger partial charge in [0.25, 0.3) is 0 Å². The number of nitrogens with zero attached hydrogens (tertiary/aromatic N) is 2. The maximum absolute atomic E-state index is 12.3. The van der Waals surface area contributed by atoms with Crippen LogP contribution >= 0.6 is 0 Å². The fraction of sp³-hybridized carbons (Fsp3) is 0.333. The molecule has 0 aliphatic rings. The predicted molar refractivity (Wildman–Crippen MR) is 77.4 cm³/mol. The lowest BCUT2D eigenvalue weighted by atomic mass is 10.2. The molecule has 0 aliphatic carbocycles. The molecule has 0 saturated carbocycles. The van der Waals surface area contributed by atoms with Gasteiger partial charge in [-0.25, -0.2) is 18.1 Å². The van der Waals surface area contributed by atoms with Crippen molar-refractivity contribution < 1.29 is 13.2 Å². The molecular weight excluding hydrogens is 294 g/mol. The van der Waals surface area contributed by atoms with Gasteiger partial charge in [-0.05, 0) is 24.6 Å². The number of nitrogens with two attached hydrogens (primary N) is 1. The number of aromatic amines is 1. The Bertz CT molecular complexity index is 713. The molecule has 21 heavy (non-hydrogen) atoms. The van der Waals surface area contributed by atoms with E-state index in [4.69, 9.17) is 10.5 Å². The van der Waals surface area contributed by atoms with Crippen molar-refractivity contribution in [1.29, 1.82) is 0 Å². The Hall–Kier alpha value is -2.13. The molecule has 0 saturated heterocycles. The van der Waals surface area contributed by atoms with Crippen molar-refractivity contribution >= 4 is 15.7 Å². The summed E-state index contributed by atoms with van der Waals surface area (Å²) < 4.78 is 32.2. The topological polar surface area (TPSA) is 123 Å². The second kappa shape index (κ2) is 6.10. The molecule has 0 bridgehead atoms.